The van der Waals surface area contributed by atoms with Crippen LogP contribution in [0.5, 0.6) is 0 Å². The number of ketones is 1. The van der Waals surface area contributed by atoms with Gasteiger partial charge in [-0.3, -0.25) is 4.79 Å². The summed E-state index contributed by atoms with van der Waals surface area (Å²) in [5.74, 6) is 0.357. The van der Waals surface area contributed by atoms with Gasteiger partial charge in [0.05, 0.1) is 17.3 Å². The maximum Gasteiger partial charge on any atom is 0.416 e. The largest absolute Gasteiger partial charge is 0.416 e. The van der Waals surface area contributed by atoms with Gasteiger partial charge in [-0.15, -0.1) is 11.8 Å². The average Bonchev–Trinajstić information content (AvgIpc) is 3.43. The Morgan fingerprint density at radius 2 is 1.90 bits per heavy atom. The highest BCUT2D eigenvalue weighted by Crippen LogP contribution is 2.42. The van der Waals surface area contributed by atoms with Gasteiger partial charge in [0, 0.05) is 16.4 Å². The normalized spacial score (nSPS) is 14.2. The highest BCUT2D eigenvalue weighted by molar-refractivity contribution is 7.98. The first-order valence-corrected chi connectivity index (χ1v) is 10.4. The molecule has 3 aromatic rings. The van der Waals surface area contributed by atoms with Gasteiger partial charge >= 0.3 is 6.18 Å². The smallest absolute Gasteiger partial charge is 0.360 e. The molecule has 1 aliphatic rings. The molecule has 150 valence electrons. The van der Waals surface area contributed by atoms with E-state index in [4.69, 9.17) is 4.52 Å². The average molecular weight is 417 g/mol. The van der Waals surface area contributed by atoms with Crippen LogP contribution < -0.4 is 0 Å². The molecule has 7 heteroatoms. The predicted molar refractivity (Wildman–Crippen MR) is 104 cm³/mol. The van der Waals surface area contributed by atoms with Crippen molar-refractivity contribution in [2.24, 2.45) is 0 Å². The summed E-state index contributed by atoms with van der Waals surface area (Å²) in [4.78, 5) is 14.2. The fourth-order valence-corrected chi connectivity index (χ4v) is 4.01. The monoisotopic (exact) mass is 417 g/mol. The summed E-state index contributed by atoms with van der Waals surface area (Å²) in [6.45, 7) is 0. The number of nitrogens with zero attached hydrogens (tertiary/aromatic N) is 1. The van der Waals surface area contributed by atoms with Gasteiger partial charge in [0.2, 0.25) is 0 Å². The minimum atomic E-state index is -4.48. The molecule has 0 aliphatic heterocycles. The van der Waals surface area contributed by atoms with Crippen molar-refractivity contribution in [3.63, 3.8) is 0 Å². The van der Waals surface area contributed by atoms with E-state index >= 15 is 0 Å². The highest BCUT2D eigenvalue weighted by atomic mass is 32.2. The second-order valence-electron chi connectivity index (χ2n) is 7.07. The van der Waals surface area contributed by atoms with Crippen molar-refractivity contribution < 1.29 is 22.5 Å². The van der Waals surface area contributed by atoms with Crippen LogP contribution in [0.25, 0.3) is 0 Å². The van der Waals surface area contributed by atoms with Gasteiger partial charge < -0.3 is 4.52 Å². The Hall–Kier alpha value is -2.54. The number of hydrogen-bond donors (Lipinski definition) is 0. The number of carbonyl (C=O) groups excluding carboxylic acids is 1. The lowest BCUT2D eigenvalue weighted by atomic mass is 9.92. The Morgan fingerprint density at radius 1 is 1.14 bits per heavy atom. The summed E-state index contributed by atoms with van der Waals surface area (Å²) in [5.41, 5.74) is 1.04. The number of carbonyl (C=O) groups is 1. The van der Waals surface area contributed by atoms with Crippen molar-refractivity contribution in [1.82, 2.24) is 5.16 Å². The molecule has 1 heterocycles. The molecule has 0 amide bonds. The van der Waals surface area contributed by atoms with Gasteiger partial charge in [-0.1, -0.05) is 29.4 Å². The zero-order valence-electron chi connectivity index (χ0n) is 15.6. The molecule has 4 rings (SSSR count). The molecule has 0 atom stereocenters. The second kappa shape index (κ2) is 7.71. The van der Waals surface area contributed by atoms with Crippen LogP contribution >= 0.6 is 11.8 Å². The topological polar surface area (TPSA) is 43.1 Å². The lowest BCUT2D eigenvalue weighted by molar-refractivity contribution is -0.137. The molecule has 0 saturated heterocycles. The van der Waals surface area contributed by atoms with E-state index in [-0.39, 0.29) is 23.7 Å². The third-order valence-corrected chi connectivity index (χ3v) is 5.88. The number of rotatable bonds is 6. The number of aromatic nitrogens is 1. The fourth-order valence-electron chi connectivity index (χ4n) is 3.40. The summed E-state index contributed by atoms with van der Waals surface area (Å²) in [7, 11) is 0. The molecule has 0 N–H and O–H groups in total. The number of hydrogen-bond acceptors (Lipinski definition) is 4. The van der Waals surface area contributed by atoms with Crippen molar-refractivity contribution in [3.8, 4) is 0 Å². The lowest BCUT2D eigenvalue weighted by Gasteiger charge is -2.14. The van der Waals surface area contributed by atoms with E-state index in [0.29, 0.717) is 16.9 Å². The summed E-state index contributed by atoms with van der Waals surface area (Å²) < 4.78 is 45.2. The first kappa shape index (κ1) is 19.8. The summed E-state index contributed by atoms with van der Waals surface area (Å²) in [6.07, 6.45) is 0.883. The number of alkyl halides is 3. The molecule has 3 nitrogen and oxygen atoms in total. The first-order valence-electron chi connectivity index (χ1n) is 9.19. The van der Waals surface area contributed by atoms with Gasteiger partial charge in [0.25, 0.3) is 0 Å². The Kier molecular flexibility index (Phi) is 5.25. The zero-order chi connectivity index (χ0) is 20.6. The summed E-state index contributed by atoms with van der Waals surface area (Å²) in [5, 5.41) is 3.75. The van der Waals surface area contributed by atoms with Crippen molar-refractivity contribution >= 4 is 17.5 Å². The van der Waals surface area contributed by atoms with Crippen molar-refractivity contribution in [3.05, 3.63) is 82.2 Å². The van der Waals surface area contributed by atoms with E-state index in [1.54, 1.807) is 0 Å². The molecule has 2 aromatic carbocycles. The van der Waals surface area contributed by atoms with Gasteiger partial charge in [-0.25, -0.2) is 0 Å². The number of thioether (sulfide) groups is 1. The number of halogens is 3. The molecule has 0 spiro atoms. The minimum Gasteiger partial charge on any atom is -0.360 e. The van der Waals surface area contributed by atoms with Crippen LogP contribution in [0.2, 0.25) is 0 Å². The van der Waals surface area contributed by atoms with Crippen LogP contribution in [0.1, 0.15) is 57.1 Å². The maximum atomic E-state index is 13.3. The van der Waals surface area contributed by atoms with Crippen LogP contribution in [0, 0.1) is 0 Å². The van der Waals surface area contributed by atoms with E-state index < -0.39 is 11.7 Å². The molecule has 1 saturated carbocycles. The molecular formula is C22H18F3NO2S. The van der Waals surface area contributed by atoms with Crippen LogP contribution in [0.4, 0.5) is 13.2 Å². The minimum absolute atomic E-state index is 0.173. The SMILES string of the molecule is CSc1ccccc1Cc1cc(C(F)(F)F)ccc1C(=O)c1cnoc1C1CC1. The van der Waals surface area contributed by atoms with Crippen LogP contribution in [0.15, 0.2) is 58.1 Å². The van der Waals surface area contributed by atoms with Crippen LogP contribution in [-0.4, -0.2) is 17.2 Å². The molecule has 1 fully saturated rings. The molecule has 1 aromatic heterocycles. The van der Waals surface area contributed by atoms with Gasteiger partial charge in [-0.05, 0) is 54.8 Å². The van der Waals surface area contributed by atoms with E-state index in [2.05, 4.69) is 5.16 Å². The second-order valence-corrected chi connectivity index (χ2v) is 7.91. The van der Waals surface area contributed by atoms with Gasteiger partial charge in [0.15, 0.2) is 11.5 Å². The van der Waals surface area contributed by atoms with Crippen molar-refractivity contribution in [2.45, 2.75) is 36.3 Å². The van der Waals surface area contributed by atoms with E-state index in [1.165, 1.54) is 24.0 Å². The zero-order valence-corrected chi connectivity index (χ0v) is 16.4. The molecule has 0 unspecified atom stereocenters. The highest BCUT2D eigenvalue weighted by Gasteiger charge is 2.35. The Morgan fingerprint density at radius 3 is 2.59 bits per heavy atom. The standard InChI is InChI=1S/C22H18F3NO2S/c1-29-19-5-3-2-4-14(19)10-15-11-16(22(23,24)25)8-9-17(15)20(27)18-12-26-28-21(18)13-6-7-13/h2-5,8-9,11-13H,6-7,10H2,1H3. The summed E-state index contributed by atoms with van der Waals surface area (Å²) >= 11 is 1.52. The molecular weight excluding hydrogens is 399 g/mol. The quantitative estimate of drug-likeness (QED) is 0.358. The fraction of sp³-hybridized carbons (Fsp3) is 0.273. The van der Waals surface area contributed by atoms with Gasteiger partial charge in [0.1, 0.15) is 0 Å². The van der Waals surface area contributed by atoms with Crippen molar-refractivity contribution in [2.75, 3.05) is 6.26 Å². The lowest BCUT2D eigenvalue weighted by Crippen LogP contribution is -2.11. The third-order valence-electron chi connectivity index (χ3n) is 5.04. The Balaban J connectivity index is 1.78. The molecule has 1 aliphatic carbocycles. The number of benzene rings is 2. The molecule has 0 radical (unpaired) electrons. The Bertz CT molecular complexity index is 1050. The maximum absolute atomic E-state index is 13.3. The predicted octanol–water partition coefficient (Wildman–Crippen LogP) is 6.11. The van der Waals surface area contributed by atoms with Gasteiger partial charge in [-0.2, -0.15) is 13.2 Å². The third kappa shape index (κ3) is 4.10. The Labute approximate surface area is 170 Å². The van der Waals surface area contributed by atoms with E-state index in [1.807, 2.05) is 30.5 Å². The molecule has 0 bridgehead atoms. The molecule has 29 heavy (non-hydrogen) atoms. The first-order chi connectivity index (χ1) is 13.9. The van der Waals surface area contributed by atoms with Crippen LogP contribution in [-0.2, 0) is 12.6 Å². The summed E-state index contributed by atoms with van der Waals surface area (Å²) in [6, 6.07) is 10.8. The van der Waals surface area contributed by atoms with Crippen LogP contribution in [0.3, 0.4) is 0 Å². The van der Waals surface area contributed by atoms with Crippen molar-refractivity contribution in [1.29, 1.82) is 0 Å². The van der Waals surface area contributed by atoms with E-state index in [9.17, 15) is 18.0 Å². The van der Waals surface area contributed by atoms with E-state index in [0.717, 1.165) is 35.4 Å².